The molecule has 0 saturated heterocycles. The van der Waals surface area contributed by atoms with Crippen molar-refractivity contribution in [2.45, 2.75) is 24.4 Å². The van der Waals surface area contributed by atoms with Crippen molar-refractivity contribution < 1.29 is 57.0 Å². The molecule has 0 saturated carbocycles. The van der Waals surface area contributed by atoms with E-state index < -0.39 is 54.6 Å². The molecule has 9 N–H and O–H groups in total. The van der Waals surface area contributed by atoms with Gasteiger partial charge in [-0.3, -0.25) is 23.2 Å². The lowest BCUT2D eigenvalue weighted by Gasteiger charge is -2.38. The van der Waals surface area contributed by atoms with Crippen LogP contribution in [0.4, 0.5) is 0 Å². The van der Waals surface area contributed by atoms with E-state index in [4.69, 9.17) is 5.73 Å². The van der Waals surface area contributed by atoms with Crippen molar-refractivity contribution >= 4 is 30.4 Å². The third-order valence-electron chi connectivity index (χ3n) is 2.66. The van der Waals surface area contributed by atoms with Crippen LogP contribution in [0, 0.1) is 0 Å². The Bertz CT molecular complexity index is 601. The van der Waals surface area contributed by atoms with Gasteiger partial charge in [-0.25, -0.2) is 0 Å². The van der Waals surface area contributed by atoms with Crippen molar-refractivity contribution in [2.24, 2.45) is 5.73 Å². The zero-order chi connectivity index (χ0) is 20.3. The number of rotatable bonds is 11. The zero-order valence-electron chi connectivity index (χ0n) is 13.0. The molecule has 0 bridgehead atoms. The van der Waals surface area contributed by atoms with Gasteiger partial charge in [0, 0.05) is 13.1 Å². The number of hydrogen-bond donors (Lipinski definition) is 8. The molecule has 0 aliphatic rings. The van der Waals surface area contributed by atoms with Crippen LogP contribution in [0.25, 0.3) is 0 Å². The fourth-order valence-electron chi connectivity index (χ4n) is 2.01. The van der Waals surface area contributed by atoms with E-state index in [0.717, 1.165) is 0 Å². The minimum absolute atomic E-state index is 0.0559. The van der Waals surface area contributed by atoms with Gasteiger partial charge in [0.2, 0.25) is 11.0 Å². The van der Waals surface area contributed by atoms with Crippen molar-refractivity contribution in [3.8, 4) is 0 Å². The van der Waals surface area contributed by atoms with Crippen LogP contribution < -0.4 is 5.73 Å². The highest BCUT2D eigenvalue weighted by molar-refractivity contribution is 7.72. The lowest BCUT2D eigenvalue weighted by molar-refractivity contribution is 0.185. The average molecular weight is 450 g/mol. The van der Waals surface area contributed by atoms with Gasteiger partial charge in [-0.1, -0.05) is 6.92 Å². The second-order valence-corrected chi connectivity index (χ2v) is 12.6. The summed E-state index contributed by atoms with van der Waals surface area (Å²) in [5, 5.41) is 0. The van der Waals surface area contributed by atoms with Crippen molar-refractivity contribution in [1.29, 1.82) is 0 Å². The summed E-state index contributed by atoms with van der Waals surface area (Å²) < 4.78 is 51.5. The van der Waals surface area contributed by atoms with Crippen LogP contribution in [0.1, 0.15) is 13.3 Å². The molecule has 18 heteroatoms. The summed E-state index contributed by atoms with van der Waals surface area (Å²) in [6, 6.07) is 0. The Morgan fingerprint density at radius 2 is 1.28 bits per heavy atom. The molecule has 2 unspecified atom stereocenters. The molecular formula is C7H22N2O12P4. The van der Waals surface area contributed by atoms with E-state index in [0.29, 0.717) is 0 Å². The lowest BCUT2D eigenvalue weighted by atomic mass is 10.5. The molecule has 0 fully saturated rings. The maximum absolute atomic E-state index is 12.2. The van der Waals surface area contributed by atoms with Gasteiger partial charge < -0.3 is 44.5 Å². The van der Waals surface area contributed by atoms with Crippen molar-refractivity contribution in [1.82, 2.24) is 4.90 Å². The van der Waals surface area contributed by atoms with Crippen LogP contribution in [0.3, 0.4) is 0 Å². The molecule has 14 nitrogen and oxygen atoms in total. The van der Waals surface area contributed by atoms with Crippen LogP contribution >= 0.6 is 30.4 Å². The van der Waals surface area contributed by atoms with Crippen molar-refractivity contribution in [2.75, 3.05) is 19.7 Å². The highest BCUT2D eigenvalue weighted by atomic mass is 31.2. The average Bonchev–Trinajstić information content (AvgIpc) is 2.31. The second kappa shape index (κ2) is 9.14. The maximum atomic E-state index is 12.2. The van der Waals surface area contributed by atoms with Crippen LogP contribution in [0.15, 0.2) is 0 Å². The number of nitrogens with two attached hydrogens (primary N) is 1. The molecule has 2 atom stereocenters. The summed E-state index contributed by atoms with van der Waals surface area (Å²) in [4.78, 5) is 65.7. The third kappa shape index (κ3) is 7.57. The van der Waals surface area contributed by atoms with E-state index in [-0.39, 0.29) is 17.9 Å². The largest absolute Gasteiger partial charge is 0.357 e. The Balaban J connectivity index is 6.46. The summed E-state index contributed by atoms with van der Waals surface area (Å²) >= 11 is 0. The third-order valence-corrected chi connectivity index (χ3v) is 10.4. The van der Waals surface area contributed by atoms with Crippen molar-refractivity contribution in [3.63, 3.8) is 0 Å². The molecule has 0 heterocycles. The SMILES string of the molecule is CCCN(C(P(=O)(O)O)P(=O)(O)O)C(P(=O)(O)O)P(=O)(O)OCCN. The highest BCUT2D eigenvalue weighted by Crippen LogP contribution is 2.70. The van der Waals surface area contributed by atoms with Crippen LogP contribution in [0.2, 0.25) is 0 Å². The van der Waals surface area contributed by atoms with E-state index in [9.17, 15) is 52.5 Å². The van der Waals surface area contributed by atoms with E-state index in [2.05, 4.69) is 4.52 Å². The maximum Gasteiger partial charge on any atom is 0.357 e. The Morgan fingerprint density at radius 3 is 1.56 bits per heavy atom. The van der Waals surface area contributed by atoms with Gasteiger partial charge in [-0.05, 0) is 6.42 Å². The molecule has 152 valence electrons. The molecule has 0 aromatic carbocycles. The Kier molecular flexibility index (Phi) is 9.33. The van der Waals surface area contributed by atoms with Gasteiger partial charge in [0.1, 0.15) is 0 Å². The van der Waals surface area contributed by atoms with E-state index >= 15 is 0 Å². The van der Waals surface area contributed by atoms with E-state index in [1.165, 1.54) is 6.92 Å². The summed E-state index contributed by atoms with van der Waals surface area (Å²) in [5.74, 6) is 0. The molecule has 0 rings (SSSR count). The van der Waals surface area contributed by atoms with Gasteiger partial charge in [-0.15, -0.1) is 0 Å². The first-order valence-electron chi connectivity index (χ1n) is 6.58. The number of hydrogen-bond acceptors (Lipinski definition) is 7. The Morgan fingerprint density at radius 1 is 0.880 bits per heavy atom. The first-order chi connectivity index (χ1) is 11.0. The van der Waals surface area contributed by atoms with Gasteiger partial charge in [0.25, 0.3) is 0 Å². The molecule has 25 heavy (non-hydrogen) atoms. The standard InChI is InChI=1S/C7H22N2O12P4/c1-2-4-9(6(22(10,11)12)23(13,14)15)7(24(16,17)18)25(19,20)21-5-3-8/h6-7H,2-5,8H2,1H3,(H,19,20)(H2,10,11,12)(H2,13,14,15)(H2,16,17,18). The molecule has 0 aromatic rings. The predicted molar refractivity (Wildman–Crippen MR) is 85.5 cm³/mol. The molecule has 0 aliphatic heterocycles. The highest BCUT2D eigenvalue weighted by Gasteiger charge is 2.58. The molecule has 0 amide bonds. The van der Waals surface area contributed by atoms with Crippen LogP contribution in [0.5, 0.6) is 0 Å². The molecule has 0 radical (unpaired) electrons. The fraction of sp³-hybridized carbons (Fsp3) is 1.00. The lowest BCUT2D eigenvalue weighted by Crippen LogP contribution is -2.43. The molecule has 0 aromatic heterocycles. The first-order valence-corrected chi connectivity index (χ1v) is 13.3. The van der Waals surface area contributed by atoms with Gasteiger partial charge >= 0.3 is 30.4 Å². The number of nitrogens with zero attached hydrogens (tertiary/aromatic N) is 1. The van der Waals surface area contributed by atoms with E-state index in [1.807, 2.05) is 0 Å². The van der Waals surface area contributed by atoms with Crippen LogP contribution in [-0.4, -0.2) is 69.9 Å². The van der Waals surface area contributed by atoms with Gasteiger partial charge in [0.05, 0.1) is 6.61 Å². The second-order valence-electron chi connectivity index (χ2n) is 4.88. The zero-order valence-corrected chi connectivity index (χ0v) is 16.5. The summed E-state index contributed by atoms with van der Waals surface area (Å²) in [5.41, 5.74) is -0.884. The summed E-state index contributed by atoms with van der Waals surface area (Å²) in [6.45, 7) is -0.344. The van der Waals surface area contributed by atoms with Crippen LogP contribution in [-0.2, 0) is 22.8 Å². The monoisotopic (exact) mass is 450 g/mol. The summed E-state index contributed by atoms with van der Waals surface area (Å²) in [6.07, 6.45) is -0.121. The summed E-state index contributed by atoms with van der Waals surface area (Å²) in [7, 11) is -22.4. The Hall–Kier alpha value is 0.520. The van der Waals surface area contributed by atoms with E-state index in [1.54, 1.807) is 0 Å². The normalized spacial score (nSPS) is 17.7. The molecule has 0 spiro atoms. The Labute approximate surface area is 143 Å². The van der Waals surface area contributed by atoms with Gasteiger partial charge in [0.15, 0.2) is 0 Å². The topological polar surface area (TPSA) is 248 Å². The predicted octanol–water partition coefficient (Wildman–Crippen LogP) is -1.04. The van der Waals surface area contributed by atoms with Gasteiger partial charge in [-0.2, -0.15) is 0 Å². The molecular weight excluding hydrogens is 428 g/mol. The smallest absolute Gasteiger partial charge is 0.328 e. The first kappa shape index (κ1) is 25.5. The molecule has 0 aliphatic carbocycles. The minimum Gasteiger partial charge on any atom is -0.328 e. The quantitative estimate of drug-likeness (QED) is 0.175. The van der Waals surface area contributed by atoms with Crippen molar-refractivity contribution in [3.05, 3.63) is 0 Å². The fourth-order valence-corrected chi connectivity index (χ4v) is 8.75. The minimum atomic E-state index is -5.70.